The van der Waals surface area contributed by atoms with Gasteiger partial charge in [0, 0.05) is 5.41 Å². The van der Waals surface area contributed by atoms with Gasteiger partial charge >= 0.3 is 0 Å². The van der Waals surface area contributed by atoms with Crippen LogP contribution in [0.15, 0.2) is 24.3 Å². The average molecular weight is 208 g/mol. The summed E-state index contributed by atoms with van der Waals surface area (Å²) in [6.45, 7) is 6.05. The van der Waals surface area contributed by atoms with E-state index in [1.807, 2.05) is 19.9 Å². The molecule has 0 aromatic carbocycles. The van der Waals surface area contributed by atoms with Crippen LogP contribution in [0.1, 0.15) is 52.9 Å². The van der Waals surface area contributed by atoms with Crippen molar-refractivity contribution in [3.63, 3.8) is 0 Å². The van der Waals surface area contributed by atoms with E-state index in [0.29, 0.717) is 0 Å². The van der Waals surface area contributed by atoms with Crippen molar-refractivity contribution < 1.29 is 4.79 Å². The van der Waals surface area contributed by atoms with E-state index >= 15 is 0 Å². The third kappa shape index (κ3) is 9.45. The summed E-state index contributed by atoms with van der Waals surface area (Å²) in [5.41, 5.74) is -0.309. The van der Waals surface area contributed by atoms with E-state index in [0.717, 1.165) is 12.7 Å². The number of hydrogen-bond acceptors (Lipinski definition) is 1. The molecule has 86 valence electrons. The Balaban J connectivity index is 3.56. The lowest BCUT2D eigenvalue weighted by molar-refractivity contribution is -0.112. The maximum absolute atomic E-state index is 10.6. The smallest absolute Gasteiger partial charge is 0.129 e. The maximum atomic E-state index is 10.6. The molecule has 1 nitrogen and oxygen atoms in total. The number of unbranched alkanes of at least 4 members (excludes halogenated alkanes) is 3. The highest BCUT2D eigenvalue weighted by atomic mass is 16.1. The second-order valence-electron chi connectivity index (χ2n) is 4.54. The summed E-state index contributed by atoms with van der Waals surface area (Å²) in [6.07, 6.45) is 15.4. The number of carbonyl (C=O) groups is 1. The summed E-state index contributed by atoms with van der Waals surface area (Å²) in [4.78, 5) is 10.6. The first-order valence-corrected chi connectivity index (χ1v) is 5.91. The molecule has 0 radical (unpaired) electrons. The van der Waals surface area contributed by atoms with Crippen LogP contribution in [0.25, 0.3) is 0 Å². The van der Waals surface area contributed by atoms with Gasteiger partial charge in [-0.2, -0.15) is 0 Å². The zero-order chi connectivity index (χ0) is 11.6. The Morgan fingerprint density at radius 1 is 1.07 bits per heavy atom. The molecule has 0 spiro atoms. The monoisotopic (exact) mass is 208 g/mol. The van der Waals surface area contributed by atoms with Crippen LogP contribution in [0.4, 0.5) is 0 Å². The second kappa shape index (κ2) is 8.46. The zero-order valence-corrected chi connectivity index (χ0v) is 10.3. The van der Waals surface area contributed by atoms with Crippen LogP contribution < -0.4 is 0 Å². The number of hydrogen-bond donors (Lipinski definition) is 0. The number of allylic oxidation sites excluding steroid dienone is 4. The average Bonchev–Trinajstić information content (AvgIpc) is 2.22. The van der Waals surface area contributed by atoms with E-state index in [4.69, 9.17) is 0 Å². The molecule has 0 aromatic heterocycles. The minimum absolute atomic E-state index is 0.309. The van der Waals surface area contributed by atoms with Crippen molar-refractivity contribution in [1.82, 2.24) is 0 Å². The lowest BCUT2D eigenvalue weighted by Gasteiger charge is -2.08. The standard InChI is InChI=1S/C14H24O/c1-4-5-6-7-8-9-10-11-12-14(2,3)13-15/h8-9,11-13H,4-7,10H2,1-3H3. The largest absolute Gasteiger partial charge is 0.302 e. The molecular formula is C14H24O. The molecule has 0 unspecified atom stereocenters. The maximum Gasteiger partial charge on any atom is 0.129 e. The Morgan fingerprint density at radius 3 is 2.40 bits per heavy atom. The fraction of sp³-hybridized carbons (Fsp3) is 0.643. The summed E-state index contributed by atoms with van der Waals surface area (Å²) in [5.74, 6) is 0. The van der Waals surface area contributed by atoms with Crippen LogP contribution in [-0.4, -0.2) is 6.29 Å². The summed E-state index contributed by atoms with van der Waals surface area (Å²) >= 11 is 0. The Kier molecular flexibility index (Phi) is 7.98. The topological polar surface area (TPSA) is 17.1 Å². The molecule has 0 fully saturated rings. The van der Waals surface area contributed by atoms with Crippen molar-refractivity contribution in [1.29, 1.82) is 0 Å². The van der Waals surface area contributed by atoms with E-state index in [1.165, 1.54) is 25.7 Å². The van der Waals surface area contributed by atoms with Gasteiger partial charge in [0.2, 0.25) is 0 Å². The van der Waals surface area contributed by atoms with Crippen LogP contribution in [-0.2, 0) is 4.79 Å². The van der Waals surface area contributed by atoms with Crippen molar-refractivity contribution >= 4 is 6.29 Å². The Morgan fingerprint density at radius 2 is 1.80 bits per heavy atom. The van der Waals surface area contributed by atoms with Crippen LogP contribution in [0, 0.1) is 5.41 Å². The van der Waals surface area contributed by atoms with Gasteiger partial charge in [0.15, 0.2) is 0 Å². The molecule has 0 aromatic rings. The Bertz CT molecular complexity index is 211. The molecule has 0 saturated carbocycles. The molecule has 0 N–H and O–H groups in total. The number of rotatable bonds is 8. The highest BCUT2D eigenvalue weighted by molar-refractivity contribution is 5.61. The molecule has 0 heterocycles. The predicted molar refractivity (Wildman–Crippen MR) is 66.9 cm³/mol. The molecule has 0 atom stereocenters. The van der Waals surface area contributed by atoms with Crippen LogP contribution >= 0.6 is 0 Å². The van der Waals surface area contributed by atoms with Gasteiger partial charge < -0.3 is 4.79 Å². The second-order valence-corrected chi connectivity index (χ2v) is 4.54. The minimum atomic E-state index is -0.309. The van der Waals surface area contributed by atoms with Gasteiger partial charge in [0.25, 0.3) is 0 Å². The third-order valence-electron chi connectivity index (χ3n) is 2.26. The minimum Gasteiger partial charge on any atom is -0.302 e. The molecule has 0 bridgehead atoms. The molecule has 1 heteroatoms. The number of carbonyl (C=O) groups excluding carboxylic acids is 1. The van der Waals surface area contributed by atoms with Crippen molar-refractivity contribution in [2.45, 2.75) is 52.9 Å². The first-order chi connectivity index (χ1) is 7.12. The van der Waals surface area contributed by atoms with Gasteiger partial charge in [0.05, 0.1) is 0 Å². The van der Waals surface area contributed by atoms with Crippen LogP contribution in [0.2, 0.25) is 0 Å². The van der Waals surface area contributed by atoms with Gasteiger partial charge in [-0.1, -0.05) is 44.1 Å². The molecule has 15 heavy (non-hydrogen) atoms. The molecule has 0 aliphatic rings. The molecule has 0 amide bonds. The summed E-state index contributed by atoms with van der Waals surface area (Å²) in [5, 5.41) is 0. The fourth-order valence-corrected chi connectivity index (χ4v) is 1.22. The molecule has 0 aliphatic heterocycles. The van der Waals surface area contributed by atoms with Gasteiger partial charge in [0.1, 0.15) is 6.29 Å². The van der Waals surface area contributed by atoms with E-state index in [2.05, 4.69) is 25.2 Å². The van der Waals surface area contributed by atoms with Crippen LogP contribution in [0.3, 0.4) is 0 Å². The lowest BCUT2D eigenvalue weighted by atomic mass is 9.95. The highest BCUT2D eigenvalue weighted by Crippen LogP contribution is 2.12. The lowest BCUT2D eigenvalue weighted by Crippen LogP contribution is -2.07. The molecule has 0 aliphatic carbocycles. The van der Waals surface area contributed by atoms with E-state index < -0.39 is 0 Å². The Hall–Kier alpha value is -0.850. The summed E-state index contributed by atoms with van der Waals surface area (Å²) in [7, 11) is 0. The SMILES string of the molecule is CCCCCC=CCC=CC(C)(C)C=O. The van der Waals surface area contributed by atoms with Gasteiger partial charge in [-0.25, -0.2) is 0 Å². The summed E-state index contributed by atoms with van der Waals surface area (Å²) < 4.78 is 0. The van der Waals surface area contributed by atoms with E-state index in [-0.39, 0.29) is 5.41 Å². The highest BCUT2D eigenvalue weighted by Gasteiger charge is 2.09. The van der Waals surface area contributed by atoms with Crippen molar-refractivity contribution in [2.24, 2.45) is 5.41 Å². The Labute approximate surface area is 94.3 Å². The fourth-order valence-electron chi connectivity index (χ4n) is 1.22. The quantitative estimate of drug-likeness (QED) is 0.330. The normalized spacial score (nSPS) is 12.7. The van der Waals surface area contributed by atoms with Crippen LogP contribution in [0.5, 0.6) is 0 Å². The first kappa shape index (κ1) is 14.2. The van der Waals surface area contributed by atoms with E-state index in [9.17, 15) is 4.79 Å². The van der Waals surface area contributed by atoms with Crippen molar-refractivity contribution in [3.05, 3.63) is 24.3 Å². The van der Waals surface area contributed by atoms with Gasteiger partial charge in [-0.3, -0.25) is 0 Å². The number of aldehydes is 1. The van der Waals surface area contributed by atoms with Gasteiger partial charge in [-0.15, -0.1) is 0 Å². The molecule has 0 saturated heterocycles. The van der Waals surface area contributed by atoms with Crippen molar-refractivity contribution in [3.8, 4) is 0 Å². The van der Waals surface area contributed by atoms with Gasteiger partial charge in [-0.05, 0) is 33.1 Å². The molecule has 0 rings (SSSR count). The first-order valence-electron chi connectivity index (χ1n) is 5.91. The third-order valence-corrected chi connectivity index (χ3v) is 2.26. The summed E-state index contributed by atoms with van der Waals surface area (Å²) in [6, 6.07) is 0. The van der Waals surface area contributed by atoms with Crippen molar-refractivity contribution in [2.75, 3.05) is 0 Å². The zero-order valence-electron chi connectivity index (χ0n) is 10.3. The van der Waals surface area contributed by atoms with E-state index in [1.54, 1.807) is 0 Å². The molecular weight excluding hydrogens is 184 g/mol. The predicted octanol–water partition coefficient (Wildman–Crippen LogP) is 4.29.